The number of nitrogens with zero attached hydrogens (tertiary/aromatic N) is 2. The second kappa shape index (κ2) is 12.3. The van der Waals surface area contributed by atoms with Gasteiger partial charge < -0.3 is 24.8 Å². The van der Waals surface area contributed by atoms with E-state index < -0.39 is 0 Å². The van der Waals surface area contributed by atoms with Crippen LogP contribution in [0.3, 0.4) is 0 Å². The van der Waals surface area contributed by atoms with Crippen LogP contribution in [0.15, 0.2) is 47.5 Å². The Kier molecular flexibility index (Phi) is 9.19. The van der Waals surface area contributed by atoms with E-state index in [2.05, 4.69) is 57.8 Å². The van der Waals surface area contributed by atoms with Crippen molar-refractivity contribution in [3.8, 4) is 11.5 Å². The molecule has 1 aliphatic heterocycles. The number of hydrogen-bond donors (Lipinski definition) is 2. The van der Waals surface area contributed by atoms with Crippen LogP contribution in [0.2, 0.25) is 0 Å². The molecule has 0 aliphatic carbocycles. The molecule has 1 atom stereocenters. The second-order valence-corrected chi connectivity index (χ2v) is 8.03. The zero-order valence-electron chi connectivity index (χ0n) is 19.7. The van der Waals surface area contributed by atoms with Gasteiger partial charge >= 0.3 is 0 Å². The number of benzene rings is 2. The molecule has 1 aliphatic rings. The van der Waals surface area contributed by atoms with Gasteiger partial charge in [0.25, 0.3) is 0 Å². The van der Waals surface area contributed by atoms with E-state index in [-0.39, 0.29) is 0 Å². The van der Waals surface area contributed by atoms with Crippen molar-refractivity contribution in [1.29, 1.82) is 0 Å². The lowest BCUT2D eigenvalue weighted by Gasteiger charge is -2.31. The molecule has 1 heterocycles. The third-order valence-corrected chi connectivity index (χ3v) is 5.56. The fraction of sp³-hybridized carbons (Fsp3) is 0.480. The highest BCUT2D eigenvalue weighted by Crippen LogP contribution is 2.27. The van der Waals surface area contributed by atoms with Gasteiger partial charge in [-0.1, -0.05) is 30.3 Å². The molecule has 0 radical (unpaired) electrons. The van der Waals surface area contributed by atoms with Gasteiger partial charge in [-0.3, -0.25) is 9.89 Å². The molecule has 174 valence electrons. The Morgan fingerprint density at radius 2 is 1.88 bits per heavy atom. The molecule has 3 rings (SSSR count). The normalized spacial score (nSPS) is 17.1. The first-order valence-electron chi connectivity index (χ1n) is 11.2. The van der Waals surface area contributed by atoms with Crippen molar-refractivity contribution < 1.29 is 14.2 Å². The van der Waals surface area contributed by atoms with Crippen LogP contribution in [0.1, 0.15) is 23.6 Å². The van der Waals surface area contributed by atoms with Gasteiger partial charge in [-0.05, 0) is 42.2 Å². The minimum absolute atomic E-state index is 0.307. The summed E-state index contributed by atoms with van der Waals surface area (Å²) in [6.45, 7) is 7.38. The van der Waals surface area contributed by atoms with Crippen molar-refractivity contribution >= 4 is 5.96 Å². The van der Waals surface area contributed by atoms with E-state index in [9.17, 15) is 0 Å². The van der Waals surface area contributed by atoms with Gasteiger partial charge in [0.15, 0.2) is 17.5 Å². The number of guanidine groups is 1. The third kappa shape index (κ3) is 7.14. The molecule has 0 amide bonds. The number of hydrogen-bond acceptors (Lipinski definition) is 5. The van der Waals surface area contributed by atoms with E-state index in [0.29, 0.717) is 6.10 Å². The highest BCUT2D eigenvalue weighted by molar-refractivity contribution is 5.79. The molecule has 0 saturated carbocycles. The van der Waals surface area contributed by atoms with E-state index >= 15 is 0 Å². The number of ether oxygens (including phenoxy) is 3. The van der Waals surface area contributed by atoms with Crippen LogP contribution in [-0.4, -0.2) is 64.5 Å². The van der Waals surface area contributed by atoms with Crippen molar-refractivity contribution in [2.24, 2.45) is 4.99 Å². The Morgan fingerprint density at radius 1 is 1.06 bits per heavy atom. The zero-order chi connectivity index (χ0) is 22.8. The van der Waals surface area contributed by atoms with Crippen LogP contribution in [0.5, 0.6) is 11.5 Å². The molecule has 0 bridgehead atoms. The molecule has 2 aromatic rings. The topological polar surface area (TPSA) is 67.4 Å². The molecule has 0 aromatic heterocycles. The lowest BCUT2D eigenvalue weighted by Crippen LogP contribution is -2.40. The Balaban J connectivity index is 1.46. The molecule has 7 nitrogen and oxygen atoms in total. The summed E-state index contributed by atoms with van der Waals surface area (Å²) in [7, 11) is 5.09. The van der Waals surface area contributed by atoms with Crippen LogP contribution in [0.4, 0.5) is 0 Å². The Labute approximate surface area is 191 Å². The standard InChI is InChI=1S/C25H36N4O3/c1-19-17-29(12-13-32-19)18-22-7-5-6-21(14-22)16-28-25(26-2)27-11-10-20-8-9-23(30-3)24(15-20)31-4/h5-9,14-15,19H,10-13,16-18H2,1-4H3,(H2,26,27,28). The molecule has 7 heteroatoms. The van der Waals surface area contributed by atoms with Gasteiger partial charge in [0.1, 0.15) is 0 Å². The molecule has 1 unspecified atom stereocenters. The number of methoxy groups -OCH3 is 2. The number of morpholine rings is 1. The number of aliphatic imine (C=N–C) groups is 1. The minimum atomic E-state index is 0.307. The van der Waals surface area contributed by atoms with E-state index in [1.165, 1.54) is 16.7 Å². The zero-order valence-corrected chi connectivity index (χ0v) is 19.7. The van der Waals surface area contributed by atoms with Gasteiger partial charge in [-0.25, -0.2) is 0 Å². The lowest BCUT2D eigenvalue weighted by atomic mass is 10.1. The molecule has 2 N–H and O–H groups in total. The smallest absolute Gasteiger partial charge is 0.191 e. The molecular weight excluding hydrogens is 404 g/mol. The Bertz CT molecular complexity index is 887. The molecule has 2 aromatic carbocycles. The summed E-state index contributed by atoms with van der Waals surface area (Å²) < 4.78 is 16.3. The maximum absolute atomic E-state index is 5.65. The summed E-state index contributed by atoms with van der Waals surface area (Å²) in [5.74, 6) is 2.28. The summed E-state index contributed by atoms with van der Waals surface area (Å²) in [5, 5.41) is 6.80. The summed E-state index contributed by atoms with van der Waals surface area (Å²) in [5.41, 5.74) is 3.75. The van der Waals surface area contributed by atoms with Crippen molar-refractivity contribution in [3.63, 3.8) is 0 Å². The van der Waals surface area contributed by atoms with Crippen LogP contribution in [-0.2, 0) is 24.2 Å². The minimum Gasteiger partial charge on any atom is -0.493 e. The van der Waals surface area contributed by atoms with Crippen LogP contribution in [0, 0.1) is 0 Å². The maximum Gasteiger partial charge on any atom is 0.191 e. The highest BCUT2D eigenvalue weighted by atomic mass is 16.5. The second-order valence-electron chi connectivity index (χ2n) is 8.03. The number of rotatable bonds is 9. The first-order chi connectivity index (χ1) is 15.6. The van der Waals surface area contributed by atoms with Crippen LogP contribution < -0.4 is 20.1 Å². The lowest BCUT2D eigenvalue weighted by molar-refractivity contribution is -0.0212. The van der Waals surface area contributed by atoms with Gasteiger partial charge in [0.05, 0.1) is 26.9 Å². The van der Waals surface area contributed by atoms with Gasteiger partial charge in [0.2, 0.25) is 0 Å². The van der Waals surface area contributed by atoms with Crippen LogP contribution in [0.25, 0.3) is 0 Å². The SMILES string of the molecule is CN=C(NCCc1ccc(OC)c(OC)c1)NCc1cccc(CN2CCOC(C)C2)c1. The maximum atomic E-state index is 5.65. The van der Waals surface area contributed by atoms with E-state index in [1.807, 2.05) is 12.1 Å². The molecule has 32 heavy (non-hydrogen) atoms. The van der Waals surface area contributed by atoms with E-state index in [0.717, 1.165) is 63.2 Å². The van der Waals surface area contributed by atoms with Gasteiger partial charge in [0, 0.05) is 39.8 Å². The molecule has 1 saturated heterocycles. The first kappa shape index (κ1) is 23.9. The third-order valence-electron chi connectivity index (χ3n) is 5.56. The summed E-state index contributed by atoms with van der Waals surface area (Å²) >= 11 is 0. The quantitative estimate of drug-likeness (QED) is 0.462. The molecule has 0 spiro atoms. The van der Waals surface area contributed by atoms with Crippen molar-refractivity contribution in [2.45, 2.75) is 32.5 Å². The highest BCUT2D eigenvalue weighted by Gasteiger charge is 2.16. The summed E-state index contributed by atoms with van der Waals surface area (Å²) in [6, 6.07) is 14.7. The van der Waals surface area contributed by atoms with E-state index in [4.69, 9.17) is 14.2 Å². The first-order valence-corrected chi connectivity index (χ1v) is 11.2. The van der Waals surface area contributed by atoms with Gasteiger partial charge in [-0.2, -0.15) is 0 Å². The van der Waals surface area contributed by atoms with Crippen LogP contribution >= 0.6 is 0 Å². The monoisotopic (exact) mass is 440 g/mol. The summed E-state index contributed by atoms with van der Waals surface area (Å²) in [6.07, 6.45) is 1.16. The average molecular weight is 441 g/mol. The fourth-order valence-electron chi connectivity index (χ4n) is 3.90. The number of nitrogens with one attached hydrogen (secondary N) is 2. The van der Waals surface area contributed by atoms with Crippen molar-refractivity contribution in [2.75, 3.05) is 47.5 Å². The van der Waals surface area contributed by atoms with Crippen molar-refractivity contribution in [1.82, 2.24) is 15.5 Å². The predicted molar refractivity (Wildman–Crippen MR) is 129 cm³/mol. The van der Waals surface area contributed by atoms with Crippen molar-refractivity contribution in [3.05, 3.63) is 59.2 Å². The average Bonchev–Trinajstić information content (AvgIpc) is 2.81. The largest absolute Gasteiger partial charge is 0.493 e. The van der Waals surface area contributed by atoms with E-state index in [1.54, 1.807) is 21.3 Å². The molecule has 1 fully saturated rings. The fourth-order valence-corrected chi connectivity index (χ4v) is 3.90. The van der Waals surface area contributed by atoms with Gasteiger partial charge in [-0.15, -0.1) is 0 Å². The molecular formula is C25H36N4O3. The predicted octanol–water partition coefficient (Wildman–Crippen LogP) is 2.83. The Morgan fingerprint density at radius 3 is 2.62 bits per heavy atom. The summed E-state index contributed by atoms with van der Waals surface area (Å²) in [4.78, 5) is 6.80. The Hall–Kier alpha value is -2.77.